The van der Waals surface area contributed by atoms with Crippen LogP contribution in [0.3, 0.4) is 0 Å². The minimum atomic E-state index is -0.304. The van der Waals surface area contributed by atoms with Gasteiger partial charge in [-0.05, 0) is 17.7 Å². The van der Waals surface area contributed by atoms with Gasteiger partial charge >= 0.3 is 0 Å². The quantitative estimate of drug-likeness (QED) is 0.861. The van der Waals surface area contributed by atoms with Crippen molar-refractivity contribution in [3.05, 3.63) is 60.4 Å². The molecule has 2 rings (SSSR count). The Morgan fingerprint density at radius 1 is 1.17 bits per heavy atom. The number of nitrogens with zero attached hydrogens (tertiary/aromatic N) is 1. The maximum atomic E-state index is 12.0. The van der Waals surface area contributed by atoms with Crippen molar-refractivity contribution < 1.29 is 4.79 Å². The zero-order chi connectivity index (χ0) is 13.0. The minimum absolute atomic E-state index is 0.0949. The fraction of sp³-hybridized carbons (Fsp3) is 0.214. The molecule has 0 aliphatic rings. The summed E-state index contributed by atoms with van der Waals surface area (Å²) >= 11 is 0. The minimum Gasteiger partial charge on any atom is -0.323 e. The van der Waals surface area contributed by atoms with E-state index in [9.17, 15) is 4.79 Å². The lowest BCUT2D eigenvalue weighted by Gasteiger charge is -2.20. The summed E-state index contributed by atoms with van der Waals surface area (Å²) in [4.78, 5) is 12.0. The molecule has 1 amide bonds. The van der Waals surface area contributed by atoms with E-state index in [1.54, 1.807) is 17.1 Å². The summed E-state index contributed by atoms with van der Waals surface area (Å²) in [6.45, 7) is 1.83. The van der Waals surface area contributed by atoms with E-state index >= 15 is 0 Å². The Kier molecular flexibility index (Phi) is 3.79. The van der Waals surface area contributed by atoms with Crippen LogP contribution < -0.4 is 11.2 Å². The van der Waals surface area contributed by atoms with Gasteiger partial charge < -0.3 is 5.73 Å². The summed E-state index contributed by atoms with van der Waals surface area (Å²) in [6.07, 6.45) is 3.55. The molecule has 1 aromatic carbocycles. The van der Waals surface area contributed by atoms with E-state index in [2.05, 4.69) is 5.43 Å². The molecule has 1 heterocycles. The molecule has 3 N–H and O–H groups in total. The van der Waals surface area contributed by atoms with Crippen molar-refractivity contribution >= 4 is 5.91 Å². The predicted molar refractivity (Wildman–Crippen MR) is 71.3 cm³/mol. The van der Waals surface area contributed by atoms with Crippen LogP contribution in [0.4, 0.5) is 0 Å². The van der Waals surface area contributed by atoms with E-state index < -0.39 is 0 Å². The number of benzene rings is 1. The number of hydrogen-bond donors (Lipinski definition) is 2. The van der Waals surface area contributed by atoms with Crippen molar-refractivity contribution in [2.24, 2.45) is 11.7 Å². The van der Waals surface area contributed by atoms with E-state index in [0.717, 1.165) is 5.56 Å². The smallest absolute Gasteiger partial charge is 0.243 e. The first-order valence-corrected chi connectivity index (χ1v) is 5.93. The Morgan fingerprint density at radius 2 is 1.78 bits per heavy atom. The SMILES string of the molecule is CC(C(=O)Nn1cccc1)C(N)c1ccccc1. The molecule has 0 aliphatic carbocycles. The standard InChI is InChI=1S/C14H17N3O/c1-11(13(15)12-7-3-2-4-8-12)14(18)16-17-9-5-6-10-17/h2-11,13H,15H2,1H3,(H,16,18). The Hall–Kier alpha value is -2.07. The molecule has 1 aromatic heterocycles. The van der Waals surface area contributed by atoms with Gasteiger partial charge in [0.2, 0.25) is 5.91 Å². The van der Waals surface area contributed by atoms with Crippen LogP contribution >= 0.6 is 0 Å². The molecule has 0 saturated heterocycles. The lowest BCUT2D eigenvalue weighted by molar-refractivity contribution is -0.120. The second-order valence-electron chi connectivity index (χ2n) is 4.29. The number of nitrogens with one attached hydrogen (secondary N) is 1. The fourth-order valence-electron chi connectivity index (χ4n) is 1.77. The van der Waals surface area contributed by atoms with Crippen molar-refractivity contribution in [1.29, 1.82) is 0 Å². The van der Waals surface area contributed by atoms with E-state index in [1.807, 2.05) is 49.4 Å². The van der Waals surface area contributed by atoms with Crippen LogP contribution in [-0.4, -0.2) is 10.6 Å². The topological polar surface area (TPSA) is 60.0 Å². The number of carbonyl (C=O) groups excluding carboxylic acids is 1. The molecule has 0 fully saturated rings. The number of hydrogen-bond acceptors (Lipinski definition) is 2. The number of amides is 1. The number of carbonyl (C=O) groups is 1. The third-order valence-electron chi connectivity index (χ3n) is 2.98. The van der Waals surface area contributed by atoms with Gasteiger partial charge in [-0.2, -0.15) is 0 Å². The van der Waals surface area contributed by atoms with E-state index in [4.69, 9.17) is 5.73 Å². The van der Waals surface area contributed by atoms with Crippen LogP contribution in [0, 0.1) is 5.92 Å². The molecule has 0 radical (unpaired) electrons. The Bertz CT molecular complexity index is 493. The Labute approximate surface area is 106 Å². The van der Waals surface area contributed by atoms with Crippen molar-refractivity contribution in [3.63, 3.8) is 0 Å². The van der Waals surface area contributed by atoms with Gasteiger partial charge in [-0.25, -0.2) is 0 Å². The van der Waals surface area contributed by atoms with Gasteiger partial charge in [-0.3, -0.25) is 14.9 Å². The maximum Gasteiger partial charge on any atom is 0.243 e. The summed E-state index contributed by atoms with van der Waals surface area (Å²) < 4.78 is 1.62. The molecule has 18 heavy (non-hydrogen) atoms. The first-order valence-electron chi connectivity index (χ1n) is 5.93. The summed E-state index contributed by atoms with van der Waals surface area (Å²) in [5.41, 5.74) is 9.83. The van der Waals surface area contributed by atoms with Crippen LogP contribution in [0.15, 0.2) is 54.9 Å². The third-order valence-corrected chi connectivity index (χ3v) is 2.98. The van der Waals surface area contributed by atoms with Gasteiger partial charge in [0.1, 0.15) is 0 Å². The van der Waals surface area contributed by atoms with Gasteiger partial charge in [-0.15, -0.1) is 0 Å². The maximum absolute atomic E-state index is 12.0. The van der Waals surface area contributed by atoms with Gasteiger partial charge in [0.25, 0.3) is 0 Å². The molecular weight excluding hydrogens is 226 g/mol. The average molecular weight is 243 g/mol. The molecule has 94 valence electrons. The fourth-order valence-corrected chi connectivity index (χ4v) is 1.77. The molecule has 2 unspecified atom stereocenters. The summed E-state index contributed by atoms with van der Waals surface area (Å²) in [7, 11) is 0. The number of nitrogens with two attached hydrogens (primary N) is 1. The molecule has 0 saturated carbocycles. The van der Waals surface area contributed by atoms with Crippen molar-refractivity contribution in [3.8, 4) is 0 Å². The highest BCUT2D eigenvalue weighted by Crippen LogP contribution is 2.19. The lowest BCUT2D eigenvalue weighted by Crippen LogP contribution is -2.34. The van der Waals surface area contributed by atoms with Gasteiger partial charge in [0.05, 0.1) is 5.92 Å². The van der Waals surface area contributed by atoms with Gasteiger partial charge in [0, 0.05) is 18.4 Å². The number of rotatable bonds is 4. The Morgan fingerprint density at radius 3 is 2.39 bits per heavy atom. The molecule has 0 spiro atoms. The largest absolute Gasteiger partial charge is 0.323 e. The molecule has 0 bridgehead atoms. The highest BCUT2D eigenvalue weighted by atomic mass is 16.2. The molecule has 4 heteroatoms. The molecule has 4 nitrogen and oxygen atoms in total. The monoisotopic (exact) mass is 243 g/mol. The predicted octanol–water partition coefficient (Wildman–Crippen LogP) is 1.89. The third kappa shape index (κ3) is 2.78. The first kappa shape index (κ1) is 12.4. The highest BCUT2D eigenvalue weighted by Gasteiger charge is 2.21. The van der Waals surface area contributed by atoms with Crippen LogP contribution in [-0.2, 0) is 4.79 Å². The molecule has 2 atom stereocenters. The Balaban J connectivity index is 2.02. The normalized spacial score (nSPS) is 13.9. The highest BCUT2D eigenvalue weighted by molar-refractivity contribution is 5.86. The second kappa shape index (κ2) is 5.51. The first-order chi connectivity index (χ1) is 8.68. The molecular formula is C14H17N3O. The van der Waals surface area contributed by atoms with Crippen molar-refractivity contribution in [2.45, 2.75) is 13.0 Å². The number of aromatic nitrogens is 1. The second-order valence-corrected chi connectivity index (χ2v) is 4.29. The average Bonchev–Trinajstić information content (AvgIpc) is 2.91. The van der Waals surface area contributed by atoms with Crippen molar-refractivity contribution in [2.75, 3.05) is 5.43 Å². The molecule has 2 aromatic rings. The van der Waals surface area contributed by atoms with Gasteiger partial charge in [0.15, 0.2) is 0 Å². The summed E-state index contributed by atoms with van der Waals surface area (Å²) in [6, 6.07) is 13.0. The van der Waals surface area contributed by atoms with E-state index in [1.165, 1.54) is 0 Å². The lowest BCUT2D eigenvalue weighted by atomic mass is 9.95. The van der Waals surface area contributed by atoms with Crippen LogP contribution in [0.2, 0.25) is 0 Å². The van der Waals surface area contributed by atoms with E-state index in [-0.39, 0.29) is 17.9 Å². The van der Waals surface area contributed by atoms with Crippen LogP contribution in [0.5, 0.6) is 0 Å². The zero-order valence-electron chi connectivity index (χ0n) is 10.3. The summed E-state index contributed by atoms with van der Waals surface area (Å²) in [5, 5.41) is 0. The zero-order valence-corrected chi connectivity index (χ0v) is 10.3. The van der Waals surface area contributed by atoms with Gasteiger partial charge in [-0.1, -0.05) is 37.3 Å². The summed E-state index contributed by atoms with van der Waals surface area (Å²) in [5.74, 6) is -0.391. The van der Waals surface area contributed by atoms with Crippen molar-refractivity contribution in [1.82, 2.24) is 4.68 Å². The van der Waals surface area contributed by atoms with E-state index in [0.29, 0.717) is 0 Å². The van der Waals surface area contributed by atoms with Crippen LogP contribution in [0.25, 0.3) is 0 Å². The molecule has 0 aliphatic heterocycles. The van der Waals surface area contributed by atoms with Crippen LogP contribution in [0.1, 0.15) is 18.5 Å².